The lowest BCUT2D eigenvalue weighted by molar-refractivity contribution is -0.129. The van der Waals surface area contributed by atoms with Crippen LogP contribution in [0.2, 0.25) is 0 Å². The van der Waals surface area contributed by atoms with Gasteiger partial charge in [-0.05, 0) is 26.2 Å². The van der Waals surface area contributed by atoms with E-state index in [0.29, 0.717) is 12.5 Å². The molecule has 1 aromatic rings. The van der Waals surface area contributed by atoms with E-state index in [-0.39, 0.29) is 11.9 Å². The first kappa shape index (κ1) is 15.7. The molecule has 0 spiro atoms. The first-order valence-corrected chi connectivity index (χ1v) is 6.75. The number of carbonyl (C=O) groups is 1. The van der Waals surface area contributed by atoms with Crippen LogP contribution in [0.4, 0.5) is 0 Å². The van der Waals surface area contributed by atoms with Crippen molar-refractivity contribution in [3.8, 4) is 0 Å². The summed E-state index contributed by atoms with van der Waals surface area (Å²) in [6, 6.07) is -0.0389. The molecule has 1 heterocycles. The van der Waals surface area contributed by atoms with Crippen LogP contribution in [-0.4, -0.2) is 22.5 Å². The fraction of sp³-hybridized carbons (Fsp3) is 0.714. The molecule has 1 aromatic heterocycles. The van der Waals surface area contributed by atoms with Crippen molar-refractivity contribution in [3.05, 3.63) is 18.2 Å². The van der Waals surface area contributed by atoms with Gasteiger partial charge in [0.15, 0.2) is 0 Å². The van der Waals surface area contributed by atoms with Crippen LogP contribution in [0.25, 0.3) is 0 Å². The summed E-state index contributed by atoms with van der Waals surface area (Å²) < 4.78 is 1.99. The zero-order valence-corrected chi connectivity index (χ0v) is 12.6. The Bertz CT molecular complexity index is 423. The van der Waals surface area contributed by atoms with E-state index < -0.39 is 5.41 Å². The molecule has 0 saturated heterocycles. The maximum Gasteiger partial charge on any atom is 0.227 e. The van der Waals surface area contributed by atoms with Crippen molar-refractivity contribution in [2.24, 2.45) is 17.1 Å². The van der Waals surface area contributed by atoms with Gasteiger partial charge in [0.1, 0.15) is 0 Å². The Morgan fingerprint density at radius 3 is 2.68 bits per heavy atom. The lowest BCUT2D eigenvalue weighted by Crippen LogP contribution is -2.38. The fourth-order valence-corrected chi connectivity index (χ4v) is 2.24. The average molecular weight is 266 g/mol. The van der Waals surface area contributed by atoms with Crippen molar-refractivity contribution in [2.45, 2.75) is 46.7 Å². The predicted molar refractivity (Wildman–Crippen MR) is 76.5 cm³/mol. The van der Waals surface area contributed by atoms with Gasteiger partial charge >= 0.3 is 0 Å². The summed E-state index contributed by atoms with van der Waals surface area (Å²) in [6.45, 7) is 8.71. The van der Waals surface area contributed by atoms with Crippen molar-refractivity contribution in [1.82, 2.24) is 14.9 Å². The minimum atomic E-state index is -0.484. The summed E-state index contributed by atoms with van der Waals surface area (Å²) in [5.74, 6) is 0.551. The van der Waals surface area contributed by atoms with Crippen LogP contribution in [-0.2, 0) is 11.3 Å². The number of nitrogens with zero attached hydrogens (tertiary/aromatic N) is 2. The summed E-state index contributed by atoms with van der Waals surface area (Å²) in [6.07, 6.45) is 4.46. The molecule has 0 fully saturated rings. The molecule has 1 rings (SSSR count). The Morgan fingerprint density at radius 2 is 2.16 bits per heavy atom. The third-order valence-electron chi connectivity index (χ3n) is 3.26. The zero-order chi connectivity index (χ0) is 14.6. The summed E-state index contributed by atoms with van der Waals surface area (Å²) in [4.78, 5) is 16.0. The number of rotatable bonds is 6. The Hall–Kier alpha value is -1.36. The van der Waals surface area contributed by atoms with Gasteiger partial charge in [-0.15, -0.1) is 0 Å². The van der Waals surface area contributed by atoms with Crippen LogP contribution in [0.5, 0.6) is 0 Å². The standard InChI is InChI=1S/C14H26N4O/c1-10(2)6-11(15)12-7-17-9-18(12)8-14(3,4)13(19)16-5/h7,9-11H,6,8,15H2,1-5H3,(H,16,19). The Kier molecular flexibility index (Phi) is 5.11. The summed E-state index contributed by atoms with van der Waals surface area (Å²) >= 11 is 0. The third kappa shape index (κ3) is 4.06. The van der Waals surface area contributed by atoms with Gasteiger partial charge in [-0.2, -0.15) is 0 Å². The molecule has 0 aliphatic heterocycles. The van der Waals surface area contributed by atoms with Crippen LogP contribution in [0.3, 0.4) is 0 Å². The van der Waals surface area contributed by atoms with Crippen LogP contribution >= 0.6 is 0 Å². The molecule has 1 amide bonds. The first-order chi connectivity index (χ1) is 8.77. The maximum atomic E-state index is 11.8. The minimum Gasteiger partial charge on any atom is -0.359 e. The van der Waals surface area contributed by atoms with Crippen LogP contribution in [0.1, 0.15) is 45.9 Å². The number of hydrogen-bond donors (Lipinski definition) is 2. The smallest absolute Gasteiger partial charge is 0.227 e. The molecule has 5 heteroatoms. The van der Waals surface area contributed by atoms with E-state index in [4.69, 9.17) is 5.73 Å². The monoisotopic (exact) mass is 266 g/mol. The highest BCUT2D eigenvalue weighted by molar-refractivity contribution is 5.81. The van der Waals surface area contributed by atoms with Gasteiger partial charge in [-0.1, -0.05) is 13.8 Å². The van der Waals surface area contributed by atoms with Gasteiger partial charge in [0.25, 0.3) is 0 Å². The van der Waals surface area contributed by atoms with E-state index >= 15 is 0 Å². The van der Waals surface area contributed by atoms with Crippen molar-refractivity contribution >= 4 is 5.91 Å². The number of nitrogens with two attached hydrogens (primary N) is 1. The molecule has 5 nitrogen and oxygen atoms in total. The van der Waals surface area contributed by atoms with Crippen LogP contribution in [0.15, 0.2) is 12.5 Å². The Balaban J connectivity index is 2.86. The molecule has 1 unspecified atom stereocenters. The molecule has 0 aromatic carbocycles. The lowest BCUT2D eigenvalue weighted by atomic mass is 9.92. The molecular weight excluding hydrogens is 240 g/mol. The van der Waals surface area contributed by atoms with E-state index in [1.54, 1.807) is 19.6 Å². The molecule has 19 heavy (non-hydrogen) atoms. The number of amides is 1. The predicted octanol–water partition coefficient (Wildman–Crippen LogP) is 1.70. The number of hydrogen-bond acceptors (Lipinski definition) is 3. The van der Waals surface area contributed by atoms with Gasteiger partial charge in [-0.3, -0.25) is 4.79 Å². The molecule has 0 bridgehead atoms. The molecule has 108 valence electrons. The molecule has 1 atom stereocenters. The van der Waals surface area contributed by atoms with E-state index in [2.05, 4.69) is 24.1 Å². The van der Waals surface area contributed by atoms with E-state index in [1.165, 1.54) is 0 Å². The van der Waals surface area contributed by atoms with Gasteiger partial charge in [0, 0.05) is 25.8 Å². The number of aromatic nitrogens is 2. The Morgan fingerprint density at radius 1 is 1.53 bits per heavy atom. The van der Waals surface area contributed by atoms with Crippen LogP contribution in [0, 0.1) is 11.3 Å². The quantitative estimate of drug-likeness (QED) is 0.823. The highest BCUT2D eigenvalue weighted by Gasteiger charge is 2.28. The molecule has 3 N–H and O–H groups in total. The lowest BCUT2D eigenvalue weighted by Gasteiger charge is -2.25. The topological polar surface area (TPSA) is 72.9 Å². The molecule has 0 aliphatic carbocycles. The van der Waals surface area contributed by atoms with Gasteiger partial charge < -0.3 is 15.6 Å². The van der Waals surface area contributed by atoms with Crippen molar-refractivity contribution in [2.75, 3.05) is 7.05 Å². The maximum absolute atomic E-state index is 11.8. The van der Waals surface area contributed by atoms with Gasteiger partial charge in [-0.25, -0.2) is 4.98 Å². The summed E-state index contributed by atoms with van der Waals surface area (Å²) in [5.41, 5.74) is 6.71. The second-order valence-electron chi connectivity index (χ2n) is 6.15. The molecule has 0 radical (unpaired) electrons. The van der Waals surface area contributed by atoms with E-state index in [0.717, 1.165) is 12.1 Å². The van der Waals surface area contributed by atoms with E-state index in [9.17, 15) is 4.79 Å². The minimum absolute atomic E-state index is 0.0181. The first-order valence-electron chi connectivity index (χ1n) is 6.75. The SMILES string of the molecule is CNC(=O)C(C)(C)Cn1cncc1C(N)CC(C)C. The van der Waals surface area contributed by atoms with Crippen molar-refractivity contribution < 1.29 is 4.79 Å². The summed E-state index contributed by atoms with van der Waals surface area (Å²) in [5, 5.41) is 2.69. The number of carbonyl (C=O) groups excluding carboxylic acids is 1. The fourth-order valence-electron chi connectivity index (χ4n) is 2.24. The normalized spacial score (nSPS) is 13.6. The number of imidazole rings is 1. The van der Waals surface area contributed by atoms with Gasteiger partial charge in [0.2, 0.25) is 5.91 Å². The van der Waals surface area contributed by atoms with E-state index in [1.807, 2.05) is 18.4 Å². The number of nitrogens with one attached hydrogen (secondary N) is 1. The molecule has 0 saturated carbocycles. The highest BCUT2D eigenvalue weighted by Crippen LogP contribution is 2.23. The second-order valence-corrected chi connectivity index (χ2v) is 6.15. The highest BCUT2D eigenvalue weighted by atomic mass is 16.2. The van der Waals surface area contributed by atoms with Gasteiger partial charge in [0.05, 0.1) is 17.4 Å². The third-order valence-corrected chi connectivity index (χ3v) is 3.26. The largest absolute Gasteiger partial charge is 0.359 e. The van der Waals surface area contributed by atoms with Crippen molar-refractivity contribution in [1.29, 1.82) is 0 Å². The average Bonchev–Trinajstić information content (AvgIpc) is 2.74. The molecular formula is C14H26N4O. The van der Waals surface area contributed by atoms with Crippen LogP contribution < -0.4 is 11.1 Å². The molecule has 0 aliphatic rings. The Labute approximate surface area is 115 Å². The summed E-state index contributed by atoms with van der Waals surface area (Å²) in [7, 11) is 1.66. The van der Waals surface area contributed by atoms with Crippen molar-refractivity contribution in [3.63, 3.8) is 0 Å². The zero-order valence-electron chi connectivity index (χ0n) is 12.6. The second kappa shape index (κ2) is 6.19.